The van der Waals surface area contributed by atoms with Crippen molar-refractivity contribution in [1.29, 1.82) is 0 Å². The molecule has 10 heteroatoms. The van der Waals surface area contributed by atoms with Gasteiger partial charge in [0, 0.05) is 6.54 Å². The molecule has 2 saturated heterocycles. The van der Waals surface area contributed by atoms with Crippen LogP contribution in [-0.2, 0) is 18.9 Å². The fraction of sp³-hybridized carbons (Fsp3) is 1.00. The van der Waals surface area contributed by atoms with Crippen LogP contribution in [0, 0.1) is 0 Å². The number of nitrogens with two attached hydrogens (primary N) is 1. The summed E-state index contributed by atoms with van der Waals surface area (Å²) in [5.74, 6) is 0. The molecule has 0 amide bonds. The maximum absolute atomic E-state index is 10.3. The summed E-state index contributed by atoms with van der Waals surface area (Å²) in [4.78, 5) is 0. The van der Waals surface area contributed by atoms with Crippen LogP contribution in [0.2, 0.25) is 0 Å². The molecular formula is C14H27NO9. The van der Waals surface area contributed by atoms with Crippen LogP contribution in [0.3, 0.4) is 0 Å². The number of rotatable bonds is 5. The second-order valence-corrected chi connectivity index (χ2v) is 6.13. The van der Waals surface area contributed by atoms with Gasteiger partial charge >= 0.3 is 0 Å². The minimum Gasteiger partial charge on any atom is -0.388 e. The van der Waals surface area contributed by atoms with E-state index in [0.29, 0.717) is 0 Å². The average molecular weight is 353 g/mol. The molecule has 7 N–H and O–H groups in total. The Kier molecular flexibility index (Phi) is 6.90. The van der Waals surface area contributed by atoms with Gasteiger partial charge in [-0.2, -0.15) is 0 Å². The highest BCUT2D eigenvalue weighted by atomic mass is 16.7. The van der Waals surface area contributed by atoms with E-state index in [-0.39, 0.29) is 13.2 Å². The van der Waals surface area contributed by atoms with Crippen molar-refractivity contribution in [2.24, 2.45) is 5.73 Å². The summed E-state index contributed by atoms with van der Waals surface area (Å²) in [6.45, 7) is 3.44. The van der Waals surface area contributed by atoms with Crippen LogP contribution in [0.5, 0.6) is 0 Å². The summed E-state index contributed by atoms with van der Waals surface area (Å²) < 4.78 is 21.5. The smallest absolute Gasteiger partial charge is 0.187 e. The summed E-state index contributed by atoms with van der Waals surface area (Å²) in [7, 11) is 0. The van der Waals surface area contributed by atoms with Gasteiger partial charge in [-0.15, -0.1) is 0 Å². The van der Waals surface area contributed by atoms with Crippen molar-refractivity contribution in [3.8, 4) is 0 Å². The molecule has 142 valence electrons. The molecular weight excluding hydrogens is 326 g/mol. The molecule has 0 radical (unpaired) electrons. The number of ether oxygens (including phenoxy) is 4. The molecule has 24 heavy (non-hydrogen) atoms. The SMILES string of the molecule is C[C@@H]1O[C@@H](O[C@@H]2[C@@H](O)[C@H](C)O[C@@H](OCCN)[C@@H]2O)[C@H](O)[C@H](O)[C@H]1O. The first-order chi connectivity index (χ1) is 11.3. The Balaban J connectivity index is 2.07. The Morgan fingerprint density at radius 3 is 2.00 bits per heavy atom. The summed E-state index contributed by atoms with van der Waals surface area (Å²) in [5.41, 5.74) is 5.35. The maximum atomic E-state index is 10.3. The third-order valence-corrected chi connectivity index (χ3v) is 4.28. The lowest BCUT2D eigenvalue weighted by molar-refractivity contribution is -0.353. The highest BCUT2D eigenvalue weighted by molar-refractivity contribution is 4.92. The largest absolute Gasteiger partial charge is 0.388 e. The molecule has 0 bridgehead atoms. The van der Waals surface area contributed by atoms with Crippen LogP contribution in [-0.4, -0.2) is 100 Å². The molecule has 2 rings (SSSR count). The Morgan fingerprint density at radius 2 is 1.38 bits per heavy atom. The molecule has 0 saturated carbocycles. The molecule has 10 nitrogen and oxygen atoms in total. The van der Waals surface area contributed by atoms with Crippen molar-refractivity contribution < 1.29 is 44.5 Å². The lowest BCUT2D eigenvalue weighted by Crippen LogP contribution is -2.63. The molecule has 2 aliphatic heterocycles. The predicted molar refractivity (Wildman–Crippen MR) is 78.6 cm³/mol. The van der Waals surface area contributed by atoms with E-state index >= 15 is 0 Å². The molecule has 2 fully saturated rings. The molecule has 0 spiro atoms. The first-order valence-corrected chi connectivity index (χ1v) is 7.96. The van der Waals surface area contributed by atoms with Crippen LogP contribution < -0.4 is 5.73 Å². The van der Waals surface area contributed by atoms with E-state index in [0.717, 1.165) is 0 Å². The molecule has 0 aromatic carbocycles. The minimum atomic E-state index is -1.54. The first kappa shape index (κ1) is 19.9. The third-order valence-electron chi connectivity index (χ3n) is 4.28. The van der Waals surface area contributed by atoms with E-state index in [2.05, 4.69) is 0 Å². The molecule has 10 atom stereocenters. The Bertz CT molecular complexity index is 400. The Labute approximate surface area is 139 Å². The van der Waals surface area contributed by atoms with Gasteiger partial charge in [0.05, 0.1) is 18.8 Å². The predicted octanol–water partition coefficient (Wildman–Crippen LogP) is -3.36. The second-order valence-electron chi connectivity index (χ2n) is 6.13. The maximum Gasteiger partial charge on any atom is 0.187 e. The molecule has 0 aromatic heterocycles. The van der Waals surface area contributed by atoms with E-state index < -0.39 is 61.4 Å². The fourth-order valence-corrected chi connectivity index (χ4v) is 2.76. The zero-order chi connectivity index (χ0) is 18.0. The average Bonchev–Trinajstić information content (AvgIpc) is 2.56. The molecule has 0 unspecified atom stereocenters. The summed E-state index contributed by atoms with van der Waals surface area (Å²) in [5, 5.41) is 50.0. The summed E-state index contributed by atoms with van der Waals surface area (Å²) >= 11 is 0. The van der Waals surface area contributed by atoms with Gasteiger partial charge in [0.15, 0.2) is 12.6 Å². The minimum absolute atomic E-state index is 0.141. The second kappa shape index (κ2) is 8.32. The Morgan fingerprint density at radius 1 is 0.792 bits per heavy atom. The van der Waals surface area contributed by atoms with E-state index in [4.69, 9.17) is 24.7 Å². The monoisotopic (exact) mass is 353 g/mol. The van der Waals surface area contributed by atoms with Crippen LogP contribution in [0.25, 0.3) is 0 Å². The van der Waals surface area contributed by atoms with Gasteiger partial charge in [-0.05, 0) is 13.8 Å². The molecule has 2 aliphatic rings. The number of hydrogen-bond acceptors (Lipinski definition) is 10. The normalized spacial score (nSPS) is 50.0. The van der Waals surface area contributed by atoms with Gasteiger partial charge in [0.25, 0.3) is 0 Å². The van der Waals surface area contributed by atoms with Crippen LogP contribution in [0.4, 0.5) is 0 Å². The van der Waals surface area contributed by atoms with Crippen LogP contribution in [0.15, 0.2) is 0 Å². The van der Waals surface area contributed by atoms with Gasteiger partial charge in [0.1, 0.15) is 36.6 Å². The molecule has 0 aromatic rings. The zero-order valence-electron chi connectivity index (χ0n) is 13.6. The summed E-state index contributed by atoms with van der Waals surface area (Å²) in [6, 6.07) is 0. The van der Waals surface area contributed by atoms with Crippen LogP contribution >= 0.6 is 0 Å². The summed E-state index contributed by atoms with van der Waals surface area (Å²) in [6.07, 6.45) is -12.0. The molecule has 0 aliphatic carbocycles. The highest BCUT2D eigenvalue weighted by Gasteiger charge is 2.49. The quantitative estimate of drug-likeness (QED) is 0.294. The van der Waals surface area contributed by atoms with Crippen molar-refractivity contribution >= 4 is 0 Å². The number of hydrogen-bond donors (Lipinski definition) is 6. The van der Waals surface area contributed by atoms with Gasteiger partial charge < -0.3 is 50.2 Å². The lowest BCUT2D eigenvalue weighted by Gasteiger charge is -2.45. The fourth-order valence-electron chi connectivity index (χ4n) is 2.76. The zero-order valence-corrected chi connectivity index (χ0v) is 13.6. The van der Waals surface area contributed by atoms with Gasteiger partial charge in [-0.3, -0.25) is 0 Å². The number of aliphatic hydroxyl groups is 5. The van der Waals surface area contributed by atoms with Gasteiger partial charge in [0.2, 0.25) is 0 Å². The van der Waals surface area contributed by atoms with Crippen LogP contribution in [0.1, 0.15) is 13.8 Å². The van der Waals surface area contributed by atoms with Crippen molar-refractivity contribution in [1.82, 2.24) is 0 Å². The standard InChI is InChI=1S/C14H27NO9/c1-5-7(16)9(18)10(19)14(23-5)24-12-8(17)6(2)22-13(11(12)20)21-4-3-15/h5-14,16-20H,3-4,15H2,1-2H3/t5-,6-,7-,8-,9+,10+,11+,12+,13+,14-/m0/s1. The number of aliphatic hydroxyl groups excluding tert-OH is 5. The van der Waals surface area contributed by atoms with E-state index in [1.54, 1.807) is 6.92 Å². The third kappa shape index (κ3) is 4.05. The van der Waals surface area contributed by atoms with Crippen molar-refractivity contribution in [2.45, 2.75) is 75.3 Å². The topological polar surface area (TPSA) is 164 Å². The lowest BCUT2D eigenvalue weighted by atomic mass is 9.97. The van der Waals surface area contributed by atoms with E-state index in [1.165, 1.54) is 6.92 Å². The molecule has 2 heterocycles. The highest BCUT2D eigenvalue weighted by Crippen LogP contribution is 2.29. The van der Waals surface area contributed by atoms with Gasteiger partial charge in [-0.25, -0.2) is 0 Å². The van der Waals surface area contributed by atoms with Crippen molar-refractivity contribution in [2.75, 3.05) is 13.2 Å². The van der Waals surface area contributed by atoms with E-state index in [1.807, 2.05) is 0 Å². The van der Waals surface area contributed by atoms with Crippen molar-refractivity contribution in [3.05, 3.63) is 0 Å². The van der Waals surface area contributed by atoms with E-state index in [9.17, 15) is 25.5 Å². The Hall–Kier alpha value is -0.400. The first-order valence-electron chi connectivity index (χ1n) is 7.96. The van der Waals surface area contributed by atoms with Crippen molar-refractivity contribution in [3.63, 3.8) is 0 Å². The van der Waals surface area contributed by atoms with Gasteiger partial charge in [-0.1, -0.05) is 0 Å².